The van der Waals surface area contributed by atoms with Gasteiger partial charge in [-0.05, 0) is 24.7 Å². The average Bonchev–Trinajstić information content (AvgIpc) is 2.61. The summed E-state index contributed by atoms with van der Waals surface area (Å²) in [6, 6.07) is 0. The summed E-state index contributed by atoms with van der Waals surface area (Å²) in [6.45, 7) is 13.4. The van der Waals surface area contributed by atoms with Gasteiger partial charge in [-0.15, -0.1) is 0 Å². The fraction of sp³-hybridized carbons (Fsp3) is 0.962. The largest absolute Gasteiger partial charge is 0.299 e. The molecule has 1 heteroatoms. The third kappa shape index (κ3) is 13.5. The lowest BCUT2D eigenvalue weighted by Gasteiger charge is -2.28. The highest BCUT2D eigenvalue weighted by Crippen LogP contribution is 2.29. The Morgan fingerprint density at radius 1 is 0.556 bits per heavy atom. The summed E-state index contributed by atoms with van der Waals surface area (Å²) in [5.41, 5.74) is 0. The molecular weight excluding hydrogens is 328 g/mol. The van der Waals surface area contributed by atoms with E-state index in [1.807, 2.05) is 0 Å². The molecule has 0 amide bonds. The van der Waals surface area contributed by atoms with Gasteiger partial charge in [-0.1, -0.05) is 125 Å². The molecule has 0 aliphatic rings. The van der Waals surface area contributed by atoms with Crippen molar-refractivity contribution in [2.75, 3.05) is 0 Å². The zero-order valence-electron chi connectivity index (χ0n) is 19.8. The van der Waals surface area contributed by atoms with Gasteiger partial charge in [0.1, 0.15) is 5.78 Å². The molecule has 0 rings (SSSR count). The van der Waals surface area contributed by atoms with Crippen molar-refractivity contribution in [2.24, 2.45) is 23.7 Å². The van der Waals surface area contributed by atoms with Crippen LogP contribution in [0.1, 0.15) is 138 Å². The zero-order chi connectivity index (χ0) is 20.5. The van der Waals surface area contributed by atoms with E-state index in [0.717, 1.165) is 12.8 Å². The molecule has 0 aromatic heterocycles. The number of carbonyl (C=O) groups excluding carboxylic acids is 1. The zero-order valence-corrected chi connectivity index (χ0v) is 19.8. The second-order valence-electron chi connectivity index (χ2n) is 9.58. The first-order valence-corrected chi connectivity index (χ1v) is 12.5. The van der Waals surface area contributed by atoms with Gasteiger partial charge in [-0.3, -0.25) is 4.79 Å². The van der Waals surface area contributed by atoms with Crippen LogP contribution in [0, 0.1) is 23.7 Å². The van der Waals surface area contributed by atoms with Crippen LogP contribution in [0.2, 0.25) is 0 Å². The average molecular weight is 381 g/mol. The third-order valence-corrected chi connectivity index (χ3v) is 6.23. The number of hydrogen-bond acceptors (Lipinski definition) is 1. The van der Waals surface area contributed by atoms with Gasteiger partial charge >= 0.3 is 0 Å². The number of unbranched alkanes of at least 4 members (excludes halogenated alkanes) is 11. The van der Waals surface area contributed by atoms with Gasteiger partial charge in [0.15, 0.2) is 0 Å². The van der Waals surface area contributed by atoms with Crippen LogP contribution in [0.3, 0.4) is 0 Å². The predicted octanol–water partition coefficient (Wildman–Crippen LogP) is 8.99. The van der Waals surface area contributed by atoms with Crippen LogP contribution in [-0.2, 0) is 4.79 Å². The Morgan fingerprint density at radius 3 is 1.33 bits per heavy atom. The van der Waals surface area contributed by atoms with Crippen molar-refractivity contribution < 1.29 is 4.79 Å². The molecule has 27 heavy (non-hydrogen) atoms. The first-order valence-electron chi connectivity index (χ1n) is 12.5. The van der Waals surface area contributed by atoms with E-state index >= 15 is 0 Å². The normalized spacial score (nSPS) is 13.1. The van der Waals surface area contributed by atoms with E-state index in [2.05, 4.69) is 41.5 Å². The summed E-state index contributed by atoms with van der Waals surface area (Å²) in [4.78, 5) is 13.1. The van der Waals surface area contributed by atoms with E-state index < -0.39 is 0 Å². The lowest BCUT2D eigenvalue weighted by molar-refractivity contribution is -0.130. The quantitative estimate of drug-likeness (QED) is 0.204. The van der Waals surface area contributed by atoms with Crippen LogP contribution >= 0.6 is 0 Å². The maximum Gasteiger partial charge on any atom is 0.139 e. The molecule has 0 spiro atoms. The molecule has 162 valence electrons. The van der Waals surface area contributed by atoms with E-state index in [9.17, 15) is 4.79 Å². The van der Waals surface area contributed by atoms with Crippen LogP contribution in [0.4, 0.5) is 0 Å². The topological polar surface area (TPSA) is 17.1 Å². The molecule has 0 N–H and O–H groups in total. The first kappa shape index (κ1) is 26.7. The van der Waals surface area contributed by atoms with Crippen molar-refractivity contribution in [3.63, 3.8) is 0 Å². The van der Waals surface area contributed by atoms with Gasteiger partial charge in [0.05, 0.1) is 0 Å². The van der Waals surface area contributed by atoms with Gasteiger partial charge in [0.2, 0.25) is 0 Å². The molecule has 0 bridgehead atoms. The summed E-state index contributed by atoms with van der Waals surface area (Å²) in [5, 5.41) is 0. The fourth-order valence-corrected chi connectivity index (χ4v) is 4.63. The minimum atomic E-state index is 0.250. The standard InChI is InChI=1S/C26H52O/c1-7-9-11-12-13-14-15-16-17-18-19-21-24(20-10-8-2)26(27)25(22(3)4)23(5)6/h22-25H,7-21H2,1-6H3. The van der Waals surface area contributed by atoms with Crippen molar-refractivity contribution >= 4 is 5.78 Å². The summed E-state index contributed by atoms with van der Waals surface area (Å²) < 4.78 is 0. The Morgan fingerprint density at radius 2 is 0.926 bits per heavy atom. The number of ketones is 1. The SMILES string of the molecule is CCCCCCCCCCCCCC(CCCC)C(=O)C(C(C)C)C(C)C. The van der Waals surface area contributed by atoms with E-state index in [-0.39, 0.29) is 5.92 Å². The molecule has 0 fully saturated rings. The summed E-state index contributed by atoms with van der Waals surface area (Å²) in [6.07, 6.45) is 19.9. The molecule has 0 saturated heterocycles. The third-order valence-electron chi connectivity index (χ3n) is 6.23. The molecular formula is C26H52O. The summed E-state index contributed by atoms with van der Waals surface area (Å²) in [7, 11) is 0. The minimum absolute atomic E-state index is 0.250. The molecule has 0 aliphatic carbocycles. The molecule has 1 nitrogen and oxygen atoms in total. The molecule has 0 aromatic rings. The Kier molecular flexibility index (Phi) is 17.5. The highest BCUT2D eigenvalue weighted by atomic mass is 16.1. The maximum absolute atomic E-state index is 13.1. The highest BCUT2D eigenvalue weighted by Gasteiger charge is 2.30. The van der Waals surface area contributed by atoms with Gasteiger partial charge < -0.3 is 0 Å². The van der Waals surface area contributed by atoms with Crippen molar-refractivity contribution in [1.29, 1.82) is 0 Å². The lowest BCUT2D eigenvalue weighted by atomic mass is 9.75. The van der Waals surface area contributed by atoms with Crippen molar-refractivity contribution in [3.05, 3.63) is 0 Å². The Bertz CT molecular complexity index is 323. The Hall–Kier alpha value is -0.330. The molecule has 1 atom stereocenters. The molecule has 0 aromatic carbocycles. The van der Waals surface area contributed by atoms with Crippen molar-refractivity contribution in [2.45, 2.75) is 138 Å². The van der Waals surface area contributed by atoms with Crippen LogP contribution in [-0.4, -0.2) is 5.78 Å². The van der Waals surface area contributed by atoms with E-state index in [1.165, 1.54) is 83.5 Å². The van der Waals surface area contributed by atoms with Crippen LogP contribution in [0.15, 0.2) is 0 Å². The Labute approximate surface area is 172 Å². The highest BCUT2D eigenvalue weighted by molar-refractivity contribution is 5.83. The minimum Gasteiger partial charge on any atom is -0.299 e. The molecule has 0 heterocycles. The maximum atomic E-state index is 13.1. The van der Waals surface area contributed by atoms with Gasteiger partial charge in [0, 0.05) is 11.8 Å². The van der Waals surface area contributed by atoms with E-state index in [0.29, 0.717) is 23.5 Å². The first-order chi connectivity index (χ1) is 13.0. The van der Waals surface area contributed by atoms with Crippen molar-refractivity contribution in [3.8, 4) is 0 Å². The van der Waals surface area contributed by atoms with Crippen LogP contribution < -0.4 is 0 Å². The second kappa shape index (κ2) is 17.7. The smallest absolute Gasteiger partial charge is 0.139 e. The lowest BCUT2D eigenvalue weighted by Crippen LogP contribution is -2.31. The number of rotatable bonds is 19. The molecule has 0 saturated carbocycles. The van der Waals surface area contributed by atoms with Gasteiger partial charge in [-0.25, -0.2) is 0 Å². The van der Waals surface area contributed by atoms with Crippen molar-refractivity contribution in [1.82, 2.24) is 0 Å². The van der Waals surface area contributed by atoms with E-state index in [1.54, 1.807) is 0 Å². The number of hydrogen-bond donors (Lipinski definition) is 0. The molecule has 0 aliphatic heterocycles. The number of Topliss-reactive ketones (excluding diaryl/α,β-unsaturated/α-hetero) is 1. The van der Waals surface area contributed by atoms with Crippen LogP contribution in [0.5, 0.6) is 0 Å². The fourth-order valence-electron chi connectivity index (χ4n) is 4.63. The van der Waals surface area contributed by atoms with Gasteiger partial charge in [-0.2, -0.15) is 0 Å². The van der Waals surface area contributed by atoms with E-state index in [4.69, 9.17) is 0 Å². The Balaban J connectivity index is 4.06. The van der Waals surface area contributed by atoms with Gasteiger partial charge in [0.25, 0.3) is 0 Å². The number of carbonyl (C=O) groups is 1. The molecule has 0 radical (unpaired) electrons. The molecule has 1 unspecified atom stereocenters. The summed E-state index contributed by atoms with van der Waals surface area (Å²) >= 11 is 0. The predicted molar refractivity (Wildman–Crippen MR) is 122 cm³/mol. The van der Waals surface area contributed by atoms with Crippen LogP contribution in [0.25, 0.3) is 0 Å². The summed E-state index contributed by atoms with van der Waals surface area (Å²) in [5.74, 6) is 2.08. The second-order valence-corrected chi connectivity index (χ2v) is 9.58. The monoisotopic (exact) mass is 380 g/mol.